The van der Waals surface area contributed by atoms with Crippen LogP contribution in [-0.4, -0.2) is 191 Å². The van der Waals surface area contributed by atoms with Gasteiger partial charge in [-0.3, -0.25) is 29.2 Å². The molecule has 6 N–H and O–H groups in total. The maximum absolute atomic E-state index is 12.5. The second-order valence-electron chi connectivity index (χ2n) is 26.0. The average Bonchev–Trinajstić information content (AvgIpc) is 1.63. The van der Waals surface area contributed by atoms with Crippen LogP contribution in [0.5, 0.6) is 11.8 Å². The van der Waals surface area contributed by atoms with Crippen LogP contribution in [0.3, 0.4) is 0 Å². The number of hydrogen-bond donors (Lipinski definition) is 5. The lowest BCUT2D eigenvalue weighted by atomic mass is 9.81. The van der Waals surface area contributed by atoms with E-state index in [4.69, 9.17) is 20.5 Å². The molecule has 118 heavy (non-hydrogen) atoms. The molecule has 17 aromatic rings. The van der Waals surface area contributed by atoms with Crippen LogP contribution in [0.25, 0.3) is 99.5 Å². The number of rotatable bonds is 15. The Labute approximate surface area is 678 Å². The number of nitrogens with two attached hydrogens (primary N) is 1. The van der Waals surface area contributed by atoms with E-state index in [9.17, 15) is 48.0 Å². The van der Waals surface area contributed by atoms with Crippen molar-refractivity contribution in [3.8, 4) is 45.5 Å². The third kappa shape index (κ3) is 20.0. The molecule has 32 nitrogen and oxygen atoms in total. The van der Waals surface area contributed by atoms with Gasteiger partial charge in [-0.15, -0.1) is 15.3 Å². The summed E-state index contributed by atoms with van der Waals surface area (Å²) in [5, 5.41) is 38.5. The second-order valence-corrected chi connectivity index (χ2v) is 32.2. The van der Waals surface area contributed by atoms with Crippen molar-refractivity contribution in [1.29, 1.82) is 0 Å². The Morgan fingerprint density at radius 1 is 0.568 bits per heavy atom. The monoisotopic (exact) mass is 1720 g/mol. The molecule has 40 heteroatoms. The van der Waals surface area contributed by atoms with E-state index >= 15 is 0 Å². The summed E-state index contributed by atoms with van der Waals surface area (Å²) in [6.45, 7) is 5.15. The SMILES string of the molecule is C=CC(=O)Nc1cc(N)c(OC)cc1N(C)CCN(C)C.CS(=O)(=O)c1ncc2ccc(-c3cnc4ccccc4c3)n2n1.CS(=O)(=O)c1ncc2ccc(Br)n2n1.O=S(=O)(Oc1ncc2ccc(-c3cnc4ccccc4c3)n2n1)C(F)(F)F.O=c1ncc2ccc(-c3cnc4ccccc4c3)n2[nH]1.OB(O)c1cnc2ccccc2c1. The molecule has 0 aliphatic heterocycles. The van der Waals surface area contributed by atoms with Gasteiger partial charge in [0.25, 0.3) is 10.3 Å². The van der Waals surface area contributed by atoms with Crippen molar-refractivity contribution in [2.45, 2.75) is 15.8 Å². The number of carbonyl (C=O) groups excluding carboxylic acids is 1. The summed E-state index contributed by atoms with van der Waals surface area (Å²) < 4.78 is 121. The molecular weight excluding hydrogens is 1650 g/mol. The highest BCUT2D eigenvalue weighted by Crippen LogP contribution is 2.36. The van der Waals surface area contributed by atoms with Crippen LogP contribution < -0.4 is 36.0 Å². The molecular formula is C78H69BBrF3N20O12S3. The molecule has 0 saturated carbocycles. The Bertz CT molecular complexity index is 7040. The molecule has 12 aromatic heterocycles. The van der Waals surface area contributed by atoms with Crippen molar-refractivity contribution in [3.63, 3.8) is 0 Å². The smallest absolute Gasteiger partial charge is 0.495 e. The topological polar surface area (TPSA) is 415 Å². The summed E-state index contributed by atoms with van der Waals surface area (Å²) in [6.07, 6.45) is 15.7. The Hall–Kier alpha value is -13.5. The van der Waals surface area contributed by atoms with Gasteiger partial charge in [-0.25, -0.2) is 50.2 Å². The number of anilines is 3. The molecule has 0 saturated heterocycles. The Morgan fingerprint density at radius 2 is 1.01 bits per heavy atom. The number of H-pyrrole nitrogens is 1. The number of halogens is 4. The maximum Gasteiger partial charge on any atom is 0.534 e. The van der Waals surface area contributed by atoms with E-state index in [1.165, 1.54) is 33.7 Å². The van der Waals surface area contributed by atoms with Crippen LogP contribution in [0.15, 0.2) is 264 Å². The number of ether oxygens (including phenoxy) is 1. The van der Waals surface area contributed by atoms with E-state index in [2.05, 4.69) is 103 Å². The molecule has 1 amide bonds. The van der Waals surface area contributed by atoms with Crippen LogP contribution in [0, 0.1) is 0 Å². The third-order valence-corrected chi connectivity index (χ3v) is 20.5. The summed E-state index contributed by atoms with van der Waals surface area (Å²) in [5.41, 5.74) is 13.2. The normalized spacial score (nSPS) is 11.5. The van der Waals surface area contributed by atoms with E-state index in [1.807, 2.05) is 172 Å². The molecule has 0 aliphatic carbocycles. The van der Waals surface area contributed by atoms with Gasteiger partial charge in [-0.05, 0) is 139 Å². The second kappa shape index (κ2) is 35.7. The zero-order valence-electron chi connectivity index (χ0n) is 63.1. The van der Waals surface area contributed by atoms with Gasteiger partial charge in [0.15, 0.2) is 0 Å². The molecule has 602 valence electrons. The number of aromatic nitrogens is 16. The van der Waals surface area contributed by atoms with Gasteiger partial charge in [-0.1, -0.05) is 85.4 Å². The Morgan fingerprint density at radius 3 is 1.50 bits per heavy atom. The summed E-state index contributed by atoms with van der Waals surface area (Å²) in [5.74, 6) is 0.306. The molecule has 0 radical (unpaired) electrons. The van der Waals surface area contributed by atoms with Crippen molar-refractivity contribution in [3.05, 3.63) is 259 Å². The minimum absolute atomic E-state index is 0.179. The number of nitrogens with one attached hydrogen (secondary N) is 2. The number of sulfone groups is 2. The van der Waals surface area contributed by atoms with Crippen LogP contribution >= 0.6 is 15.9 Å². The quantitative estimate of drug-likeness (QED) is 0.0209. The van der Waals surface area contributed by atoms with Gasteiger partial charge in [0.05, 0.1) is 110 Å². The van der Waals surface area contributed by atoms with Crippen molar-refractivity contribution in [2.24, 2.45) is 0 Å². The van der Waals surface area contributed by atoms with Crippen molar-refractivity contribution in [1.82, 2.24) is 83.2 Å². The Balaban J connectivity index is 0.000000132. The minimum Gasteiger partial charge on any atom is -0.495 e. The lowest BCUT2D eigenvalue weighted by Gasteiger charge is -2.25. The molecule has 5 aromatic carbocycles. The van der Waals surface area contributed by atoms with Gasteiger partial charge >= 0.3 is 34.4 Å². The van der Waals surface area contributed by atoms with Gasteiger partial charge in [0.2, 0.25) is 25.6 Å². The number of carbonyl (C=O) groups is 1. The lowest BCUT2D eigenvalue weighted by molar-refractivity contribution is -0.111. The number of nitrogen functional groups attached to an aromatic ring is 1. The highest BCUT2D eigenvalue weighted by Gasteiger charge is 2.49. The molecule has 17 rings (SSSR count). The number of amides is 1. The molecule has 0 aliphatic rings. The van der Waals surface area contributed by atoms with E-state index < -0.39 is 48.4 Å². The number of benzene rings is 5. The average molecular weight is 1720 g/mol. The fourth-order valence-corrected chi connectivity index (χ4v) is 13.2. The number of aromatic amines is 1. The first kappa shape index (κ1) is 83.9. The predicted molar refractivity (Wildman–Crippen MR) is 446 cm³/mol. The number of likely N-dealkylation sites (N-methyl/N-ethyl adjacent to an activating group) is 2. The molecule has 0 spiro atoms. The number of nitrogens with zero attached hydrogens (tertiary/aromatic N) is 17. The largest absolute Gasteiger partial charge is 0.534 e. The maximum atomic E-state index is 12.5. The molecule has 12 heterocycles. The van der Waals surface area contributed by atoms with Gasteiger partial charge < -0.3 is 39.8 Å². The molecule has 0 fully saturated rings. The Kier molecular flexibility index (Phi) is 25.4. The summed E-state index contributed by atoms with van der Waals surface area (Å²) in [7, 11) is -6.58. The van der Waals surface area contributed by atoms with Crippen molar-refractivity contribution >= 4 is 147 Å². The fourth-order valence-electron chi connectivity index (χ4n) is 11.4. The van der Waals surface area contributed by atoms with Gasteiger partial charge in [-0.2, -0.15) is 31.6 Å². The summed E-state index contributed by atoms with van der Waals surface area (Å²) in [4.78, 5) is 59.2. The number of methoxy groups -OCH3 is 1. The van der Waals surface area contributed by atoms with E-state index in [1.54, 1.807) is 71.1 Å². The zero-order valence-corrected chi connectivity index (χ0v) is 67.1. The van der Waals surface area contributed by atoms with Crippen molar-refractivity contribution < 1.29 is 62.2 Å². The number of hydrogen-bond acceptors (Lipinski definition) is 26. The molecule has 0 bridgehead atoms. The number of fused-ring (bicyclic) bond motifs is 8. The van der Waals surface area contributed by atoms with Crippen LogP contribution in [0.2, 0.25) is 0 Å². The number of pyridine rings is 4. The number of para-hydroxylation sites is 4. The minimum atomic E-state index is -5.86. The van der Waals surface area contributed by atoms with Crippen LogP contribution in [-0.2, 0) is 34.6 Å². The molecule has 0 unspecified atom stereocenters. The number of alkyl halides is 3. The first-order valence-electron chi connectivity index (χ1n) is 34.9. The van der Waals surface area contributed by atoms with E-state index in [0.29, 0.717) is 44.0 Å². The summed E-state index contributed by atoms with van der Waals surface area (Å²) in [6, 6.07) is 55.3. The lowest BCUT2D eigenvalue weighted by Crippen LogP contribution is -2.29. The highest BCUT2D eigenvalue weighted by molar-refractivity contribution is 9.10. The van der Waals surface area contributed by atoms with Crippen molar-refractivity contribution in [2.75, 3.05) is 69.8 Å². The van der Waals surface area contributed by atoms with Crippen LogP contribution in [0.4, 0.5) is 30.2 Å². The highest BCUT2D eigenvalue weighted by atomic mass is 79.9. The zero-order chi connectivity index (χ0) is 84.4. The predicted octanol–water partition coefficient (Wildman–Crippen LogP) is 9.97. The standard InChI is InChI=1S/C16H9F3N4O3S.C16H12N4O2S.C15H24N4O2.C15H10N4O.C9H8BNO2.C7H6BrN3O2S/c17-16(18,19)27(24,25)26-15-21-9-12-5-6-14(23(12)22-15)11-7-10-3-1-2-4-13(10)20-8-11;1-23(21,22)16-18-10-13-6-7-15(20(13)19-16)12-8-11-4-2-3-5-14(11)17-9-12;1-6-15(20)17-12-9-11(16)14(21-5)10-13(12)19(4)8-7-18(2)3;20-15-17-9-12-5-6-14(19(12)18-15)11-7-10-3-1-2-4-13(10)16-8-11;12-10(13)8-5-7-3-1-2-4-9(7)11-6-8;1-14(12,13)7-9-4-5-2-3-6(8)11(5)10-7/h1-9H;2-10H,1H3;6,9-10H,1,7-8,16H2,2-5H3,(H,17,20);1-9H,(H,18,20);1-6,12-13H;2-4H,1H3. The van der Waals surface area contributed by atoms with E-state index in [-0.39, 0.29) is 21.9 Å². The van der Waals surface area contributed by atoms with Gasteiger partial charge in [0, 0.05) is 102 Å². The van der Waals surface area contributed by atoms with Crippen LogP contribution in [0.1, 0.15) is 0 Å². The summed E-state index contributed by atoms with van der Waals surface area (Å²) >= 11 is 3.25. The third-order valence-electron chi connectivity index (χ3n) is 17.3. The first-order valence-corrected chi connectivity index (χ1v) is 40.9. The fraction of sp³-hybridized carbons (Fsp3) is 0.115. The first-order chi connectivity index (χ1) is 56.2. The van der Waals surface area contributed by atoms with E-state index in [0.717, 1.165) is 120 Å². The van der Waals surface area contributed by atoms with Gasteiger partial charge in [0.1, 0.15) is 10.4 Å². The molecule has 0 atom stereocenters.